The van der Waals surface area contributed by atoms with Crippen molar-refractivity contribution >= 4 is 0 Å². The van der Waals surface area contributed by atoms with Crippen LogP contribution in [0.4, 0.5) is 0 Å². The lowest BCUT2D eigenvalue weighted by Gasteiger charge is -2.20. The van der Waals surface area contributed by atoms with Crippen LogP contribution < -0.4 is 0 Å². The molecule has 4 atom stereocenters. The van der Waals surface area contributed by atoms with Gasteiger partial charge in [-0.1, -0.05) is 83.3 Å². The molecule has 5 heteroatoms. The molecule has 0 radical (unpaired) electrons. The van der Waals surface area contributed by atoms with Crippen LogP contribution in [0.1, 0.15) is 103 Å². The summed E-state index contributed by atoms with van der Waals surface area (Å²) >= 11 is 0. The lowest BCUT2D eigenvalue weighted by Crippen LogP contribution is -2.40. The van der Waals surface area contributed by atoms with Crippen LogP contribution in [0.15, 0.2) is 12.2 Å². The first-order valence-electron chi connectivity index (χ1n) is 12.5. The van der Waals surface area contributed by atoms with Crippen LogP contribution in [0.2, 0.25) is 0 Å². The van der Waals surface area contributed by atoms with Crippen LogP contribution >= 0.6 is 0 Å². The zero-order chi connectivity index (χ0) is 21.9. The maximum atomic E-state index is 9.96. The van der Waals surface area contributed by atoms with Crippen molar-refractivity contribution in [2.75, 3.05) is 19.8 Å². The normalized spacial score (nSPS) is 22.9. The largest absolute Gasteiger partial charge is 0.388 e. The van der Waals surface area contributed by atoms with Crippen molar-refractivity contribution in [3.63, 3.8) is 0 Å². The predicted octanol–water partition coefficient (Wildman–Crippen LogP) is 4.91. The molecule has 0 aromatic heterocycles. The smallest absolute Gasteiger partial charge is 0.114 e. The number of aliphatic hydroxyl groups is 3. The van der Waals surface area contributed by atoms with Crippen molar-refractivity contribution < 1.29 is 24.8 Å². The topological polar surface area (TPSA) is 79.2 Å². The Bertz CT molecular complexity index is 401. The molecule has 0 bridgehead atoms. The molecule has 1 fully saturated rings. The fraction of sp³-hybridized carbons (Fsp3) is 0.920. The molecule has 1 heterocycles. The van der Waals surface area contributed by atoms with Gasteiger partial charge in [-0.25, -0.2) is 0 Å². The van der Waals surface area contributed by atoms with E-state index in [1.807, 2.05) is 0 Å². The second kappa shape index (κ2) is 19.2. The second-order valence-corrected chi connectivity index (χ2v) is 8.79. The Morgan fingerprint density at radius 1 is 0.833 bits per heavy atom. The van der Waals surface area contributed by atoms with Crippen molar-refractivity contribution in [3.8, 4) is 0 Å². The number of aliphatic hydroxyl groups excluding tert-OH is 3. The Morgan fingerprint density at radius 3 is 1.90 bits per heavy atom. The maximum absolute atomic E-state index is 9.96. The minimum atomic E-state index is -1.03. The number of unbranched alkanes of at least 4 members (excludes halogenated alkanes) is 13. The summed E-state index contributed by atoms with van der Waals surface area (Å²) in [5.41, 5.74) is 0. The molecule has 0 amide bonds. The fourth-order valence-corrected chi connectivity index (χ4v) is 3.89. The van der Waals surface area contributed by atoms with E-state index < -0.39 is 24.4 Å². The highest BCUT2D eigenvalue weighted by molar-refractivity contribution is 4.87. The lowest BCUT2D eigenvalue weighted by molar-refractivity contribution is -0.0813. The number of allylic oxidation sites excluding steroid dienone is 2. The van der Waals surface area contributed by atoms with Crippen LogP contribution in [0.25, 0.3) is 0 Å². The van der Waals surface area contributed by atoms with Gasteiger partial charge in [0.15, 0.2) is 0 Å². The molecule has 3 N–H and O–H groups in total. The number of ether oxygens (including phenoxy) is 2. The standard InChI is InChI=1S/C25H48O5/c1-2-3-4-5-6-7-8-9-10-11-12-13-14-15-16-17-18-19-29-20-23(27)25-24(28)22(26)21-30-25/h7-8,22-28H,2-6,9-21H2,1H3/b8-7+/t22-,23+,24-,25-/m1/s1. The highest BCUT2D eigenvalue weighted by Gasteiger charge is 2.39. The molecule has 0 saturated carbocycles. The molecule has 1 saturated heterocycles. The lowest BCUT2D eigenvalue weighted by atomic mass is 10.1. The van der Waals surface area contributed by atoms with Crippen molar-refractivity contribution in [2.45, 2.75) is 128 Å². The average Bonchev–Trinajstić information content (AvgIpc) is 3.08. The van der Waals surface area contributed by atoms with Gasteiger partial charge in [-0.05, 0) is 32.1 Å². The summed E-state index contributed by atoms with van der Waals surface area (Å²) < 4.78 is 10.7. The van der Waals surface area contributed by atoms with Crippen molar-refractivity contribution in [1.82, 2.24) is 0 Å². The van der Waals surface area contributed by atoms with E-state index in [0.29, 0.717) is 6.61 Å². The maximum Gasteiger partial charge on any atom is 0.114 e. The minimum Gasteiger partial charge on any atom is -0.388 e. The third-order valence-electron chi connectivity index (χ3n) is 5.91. The fourth-order valence-electron chi connectivity index (χ4n) is 3.89. The summed E-state index contributed by atoms with van der Waals surface area (Å²) in [6, 6.07) is 0. The van der Waals surface area contributed by atoms with Gasteiger partial charge in [-0.15, -0.1) is 0 Å². The summed E-state index contributed by atoms with van der Waals surface area (Å²) in [6.45, 7) is 3.09. The van der Waals surface area contributed by atoms with Gasteiger partial charge in [0, 0.05) is 6.61 Å². The van der Waals surface area contributed by atoms with E-state index in [-0.39, 0.29) is 13.2 Å². The highest BCUT2D eigenvalue weighted by atomic mass is 16.5. The van der Waals surface area contributed by atoms with E-state index >= 15 is 0 Å². The van der Waals surface area contributed by atoms with Gasteiger partial charge in [-0.3, -0.25) is 0 Å². The van der Waals surface area contributed by atoms with E-state index in [2.05, 4.69) is 19.1 Å². The third-order valence-corrected chi connectivity index (χ3v) is 5.91. The van der Waals surface area contributed by atoms with E-state index in [1.54, 1.807) is 0 Å². The number of hydrogen-bond donors (Lipinski definition) is 3. The monoisotopic (exact) mass is 428 g/mol. The zero-order valence-electron chi connectivity index (χ0n) is 19.4. The highest BCUT2D eigenvalue weighted by Crippen LogP contribution is 2.18. The molecular weight excluding hydrogens is 380 g/mol. The van der Waals surface area contributed by atoms with Gasteiger partial charge >= 0.3 is 0 Å². The Morgan fingerprint density at radius 2 is 1.37 bits per heavy atom. The van der Waals surface area contributed by atoms with Crippen molar-refractivity contribution in [3.05, 3.63) is 12.2 Å². The Labute approximate surface area is 184 Å². The van der Waals surface area contributed by atoms with Crippen molar-refractivity contribution in [1.29, 1.82) is 0 Å². The van der Waals surface area contributed by atoms with Gasteiger partial charge in [0.2, 0.25) is 0 Å². The predicted molar refractivity (Wildman–Crippen MR) is 123 cm³/mol. The SMILES string of the molecule is CCCCCC/C=C/CCCCCCCCCCCOC[C@H](O)[C@H]1OC[C@@H](O)[C@H]1O. The van der Waals surface area contributed by atoms with E-state index in [9.17, 15) is 15.3 Å². The van der Waals surface area contributed by atoms with Crippen LogP contribution in [0, 0.1) is 0 Å². The Hall–Kier alpha value is -0.460. The van der Waals surface area contributed by atoms with Crippen LogP contribution in [0.3, 0.4) is 0 Å². The molecular formula is C25H48O5. The van der Waals surface area contributed by atoms with Gasteiger partial charge < -0.3 is 24.8 Å². The van der Waals surface area contributed by atoms with Gasteiger partial charge in [0.05, 0.1) is 13.2 Å². The number of rotatable bonds is 20. The second-order valence-electron chi connectivity index (χ2n) is 8.79. The summed E-state index contributed by atoms with van der Waals surface area (Å²) in [7, 11) is 0. The molecule has 1 rings (SSSR count). The minimum absolute atomic E-state index is 0.0686. The van der Waals surface area contributed by atoms with Crippen LogP contribution in [0.5, 0.6) is 0 Å². The quantitative estimate of drug-likeness (QED) is 0.190. The summed E-state index contributed by atoms with van der Waals surface area (Å²) in [5.74, 6) is 0. The Kier molecular flexibility index (Phi) is 17.7. The zero-order valence-corrected chi connectivity index (χ0v) is 19.4. The summed E-state index contributed by atoms with van der Waals surface area (Å²) in [5, 5.41) is 29.1. The first-order chi connectivity index (χ1) is 14.7. The molecule has 5 nitrogen and oxygen atoms in total. The summed E-state index contributed by atoms with van der Waals surface area (Å²) in [6.07, 6.45) is 20.5. The molecule has 0 aromatic carbocycles. The first kappa shape index (κ1) is 27.6. The summed E-state index contributed by atoms with van der Waals surface area (Å²) in [4.78, 5) is 0. The third kappa shape index (κ3) is 13.8. The van der Waals surface area contributed by atoms with Gasteiger partial charge in [0.25, 0.3) is 0 Å². The molecule has 0 unspecified atom stereocenters. The molecule has 1 aliphatic rings. The first-order valence-corrected chi connectivity index (χ1v) is 12.5. The molecule has 178 valence electrons. The Balaban J connectivity index is 1.76. The average molecular weight is 429 g/mol. The molecule has 30 heavy (non-hydrogen) atoms. The van der Waals surface area contributed by atoms with E-state index in [4.69, 9.17) is 9.47 Å². The van der Waals surface area contributed by atoms with Crippen LogP contribution in [-0.4, -0.2) is 59.6 Å². The van der Waals surface area contributed by atoms with E-state index in [0.717, 1.165) is 12.8 Å². The molecule has 0 spiro atoms. The van der Waals surface area contributed by atoms with Crippen LogP contribution in [-0.2, 0) is 9.47 Å². The van der Waals surface area contributed by atoms with Crippen molar-refractivity contribution in [2.24, 2.45) is 0 Å². The van der Waals surface area contributed by atoms with E-state index in [1.165, 1.54) is 83.5 Å². The molecule has 1 aliphatic heterocycles. The number of hydrogen-bond acceptors (Lipinski definition) is 5. The van der Waals surface area contributed by atoms with Gasteiger partial charge in [0.1, 0.15) is 24.4 Å². The molecule has 0 aliphatic carbocycles. The van der Waals surface area contributed by atoms with Gasteiger partial charge in [-0.2, -0.15) is 0 Å². The molecule has 0 aromatic rings.